The van der Waals surface area contributed by atoms with Crippen LogP contribution in [0.25, 0.3) is 5.65 Å². The van der Waals surface area contributed by atoms with Gasteiger partial charge in [-0.05, 0) is 32.6 Å². The highest BCUT2D eigenvalue weighted by atomic mass is 15.3. The van der Waals surface area contributed by atoms with Crippen LogP contribution in [-0.4, -0.2) is 53.6 Å². The second-order valence-corrected chi connectivity index (χ2v) is 5.90. The zero-order valence-corrected chi connectivity index (χ0v) is 13.2. The van der Waals surface area contributed by atoms with Gasteiger partial charge in [0, 0.05) is 38.4 Å². The number of imidazole rings is 1. The minimum atomic E-state index is 0.494. The Balaban J connectivity index is 2.00. The van der Waals surface area contributed by atoms with Crippen molar-refractivity contribution in [3.05, 3.63) is 30.1 Å². The summed E-state index contributed by atoms with van der Waals surface area (Å²) in [5.41, 5.74) is 2.30. The van der Waals surface area contributed by atoms with Crippen LogP contribution >= 0.6 is 0 Å². The molecule has 114 valence electrons. The molecule has 0 aromatic carbocycles. The Labute approximate surface area is 126 Å². The van der Waals surface area contributed by atoms with Gasteiger partial charge in [0.2, 0.25) is 0 Å². The molecule has 1 atom stereocenters. The molecule has 0 amide bonds. The van der Waals surface area contributed by atoms with E-state index in [0.717, 1.165) is 44.2 Å². The summed E-state index contributed by atoms with van der Waals surface area (Å²) < 4.78 is 2.21. The Morgan fingerprint density at radius 2 is 2.19 bits per heavy atom. The van der Waals surface area contributed by atoms with Crippen LogP contribution in [-0.2, 0) is 6.54 Å². The first-order valence-electron chi connectivity index (χ1n) is 7.82. The summed E-state index contributed by atoms with van der Waals surface area (Å²) in [4.78, 5) is 9.74. The van der Waals surface area contributed by atoms with Crippen molar-refractivity contribution in [1.82, 2.24) is 19.6 Å². The minimum absolute atomic E-state index is 0.494. The van der Waals surface area contributed by atoms with E-state index in [1.807, 2.05) is 0 Å². The third-order valence-electron chi connectivity index (χ3n) is 4.25. The van der Waals surface area contributed by atoms with Crippen molar-refractivity contribution in [3.63, 3.8) is 0 Å². The van der Waals surface area contributed by atoms with Crippen molar-refractivity contribution in [3.8, 4) is 0 Å². The zero-order chi connectivity index (χ0) is 14.8. The van der Waals surface area contributed by atoms with Gasteiger partial charge in [-0.1, -0.05) is 13.0 Å². The molecular formula is C16H25N5. The monoisotopic (exact) mass is 287 g/mol. The average Bonchev–Trinajstić information content (AvgIpc) is 2.83. The van der Waals surface area contributed by atoms with E-state index >= 15 is 0 Å². The molecule has 3 rings (SSSR count). The highest BCUT2D eigenvalue weighted by Crippen LogP contribution is 2.25. The molecule has 0 saturated carbocycles. The summed E-state index contributed by atoms with van der Waals surface area (Å²) in [6.45, 7) is 9.49. The minimum Gasteiger partial charge on any atom is -0.350 e. The molecule has 1 aliphatic heterocycles. The van der Waals surface area contributed by atoms with E-state index in [9.17, 15) is 0 Å². The lowest BCUT2D eigenvalue weighted by atomic mass is 10.2. The zero-order valence-electron chi connectivity index (χ0n) is 13.2. The van der Waals surface area contributed by atoms with Crippen LogP contribution in [0.5, 0.6) is 0 Å². The molecule has 0 radical (unpaired) electrons. The molecule has 0 bridgehead atoms. The van der Waals surface area contributed by atoms with Gasteiger partial charge >= 0.3 is 0 Å². The number of likely N-dealkylation sites (N-methyl/N-ethyl adjacent to an activating group) is 1. The quantitative estimate of drug-likeness (QED) is 0.926. The lowest BCUT2D eigenvalue weighted by molar-refractivity contribution is 0.274. The molecule has 2 aromatic rings. The first kappa shape index (κ1) is 14.4. The van der Waals surface area contributed by atoms with Crippen LogP contribution in [0.1, 0.15) is 19.5 Å². The maximum Gasteiger partial charge on any atom is 0.152 e. The smallest absolute Gasteiger partial charge is 0.152 e. The van der Waals surface area contributed by atoms with Gasteiger partial charge in [0.05, 0.1) is 5.69 Å². The lowest BCUT2D eigenvalue weighted by Gasteiger charge is -2.39. The van der Waals surface area contributed by atoms with E-state index in [4.69, 9.17) is 4.98 Å². The first-order valence-corrected chi connectivity index (χ1v) is 7.82. The summed E-state index contributed by atoms with van der Waals surface area (Å²) in [6.07, 6.45) is 2.11. The van der Waals surface area contributed by atoms with Crippen LogP contribution in [0, 0.1) is 0 Å². The van der Waals surface area contributed by atoms with Crippen LogP contribution in [0.3, 0.4) is 0 Å². The van der Waals surface area contributed by atoms with Gasteiger partial charge in [-0.3, -0.25) is 0 Å². The molecule has 5 heteroatoms. The van der Waals surface area contributed by atoms with Gasteiger partial charge in [-0.2, -0.15) is 0 Å². The predicted octanol–water partition coefficient (Wildman–Crippen LogP) is 1.58. The summed E-state index contributed by atoms with van der Waals surface area (Å²) in [5.74, 6) is 1.14. The maximum atomic E-state index is 4.90. The fourth-order valence-electron chi connectivity index (χ4n) is 3.13. The average molecular weight is 287 g/mol. The molecule has 1 unspecified atom stereocenters. The fourth-order valence-corrected chi connectivity index (χ4v) is 3.13. The van der Waals surface area contributed by atoms with Crippen LogP contribution in [0.4, 0.5) is 5.82 Å². The van der Waals surface area contributed by atoms with E-state index in [1.165, 1.54) is 5.69 Å². The molecule has 0 spiro atoms. The Kier molecular flexibility index (Phi) is 4.12. The fraction of sp³-hybridized carbons (Fsp3) is 0.562. The molecule has 1 saturated heterocycles. The van der Waals surface area contributed by atoms with Crippen LogP contribution in [0.15, 0.2) is 24.4 Å². The molecule has 5 nitrogen and oxygen atoms in total. The highest BCUT2D eigenvalue weighted by molar-refractivity contribution is 5.56. The number of hydrogen-bond donors (Lipinski definition) is 1. The molecular weight excluding hydrogens is 262 g/mol. The number of fused-ring (bicyclic) bond motifs is 1. The Bertz CT molecular complexity index is 606. The van der Waals surface area contributed by atoms with Crippen LogP contribution in [0.2, 0.25) is 0 Å². The number of piperazine rings is 1. The maximum absolute atomic E-state index is 4.90. The molecule has 0 aliphatic carbocycles. The number of rotatable bonds is 4. The third-order valence-corrected chi connectivity index (χ3v) is 4.25. The molecule has 3 heterocycles. The molecule has 1 N–H and O–H groups in total. The second kappa shape index (κ2) is 6.03. The Hall–Kier alpha value is -1.59. The van der Waals surface area contributed by atoms with Crippen molar-refractivity contribution in [2.75, 3.05) is 38.1 Å². The van der Waals surface area contributed by atoms with Crippen molar-refractivity contribution in [2.45, 2.75) is 26.4 Å². The summed E-state index contributed by atoms with van der Waals surface area (Å²) in [5, 5.41) is 3.45. The number of aromatic nitrogens is 2. The number of nitrogens with one attached hydrogen (secondary N) is 1. The SMILES string of the molecule is CCNCc1c(N2CCN(C)CC2C)nc2ccccn12. The number of nitrogens with zero attached hydrogens (tertiary/aromatic N) is 4. The molecule has 1 fully saturated rings. The lowest BCUT2D eigenvalue weighted by Crippen LogP contribution is -2.51. The summed E-state index contributed by atoms with van der Waals surface area (Å²) in [6, 6.07) is 6.70. The summed E-state index contributed by atoms with van der Waals surface area (Å²) in [7, 11) is 2.19. The van der Waals surface area contributed by atoms with Gasteiger partial charge in [0.25, 0.3) is 0 Å². The Morgan fingerprint density at radius 3 is 2.95 bits per heavy atom. The third kappa shape index (κ3) is 2.76. The predicted molar refractivity (Wildman–Crippen MR) is 86.9 cm³/mol. The molecule has 2 aromatic heterocycles. The van der Waals surface area contributed by atoms with Crippen molar-refractivity contribution in [2.24, 2.45) is 0 Å². The van der Waals surface area contributed by atoms with Gasteiger partial charge < -0.3 is 19.5 Å². The number of anilines is 1. The molecule has 21 heavy (non-hydrogen) atoms. The number of hydrogen-bond acceptors (Lipinski definition) is 4. The van der Waals surface area contributed by atoms with E-state index in [-0.39, 0.29) is 0 Å². The van der Waals surface area contributed by atoms with Crippen LogP contribution < -0.4 is 10.2 Å². The Morgan fingerprint density at radius 1 is 1.33 bits per heavy atom. The highest BCUT2D eigenvalue weighted by Gasteiger charge is 2.26. The van der Waals surface area contributed by atoms with E-state index in [0.29, 0.717) is 6.04 Å². The normalized spacial score (nSPS) is 20.3. The largest absolute Gasteiger partial charge is 0.350 e. The van der Waals surface area contributed by atoms with E-state index in [2.05, 4.69) is 64.8 Å². The number of pyridine rings is 1. The van der Waals surface area contributed by atoms with Crippen molar-refractivity contribution in [1.29, 1.82) is 0 Å². The van der Waals surface area contributed by atoms with Gasteiger partial charge in [-0.25, -0.2) is 4.98 Å². The summed E-state index contributed by atoms with van der Waals surface area (Å²) >= 11 is 0. The molecule has 1 aliphatic rings. The van der Waals surface area contributed by atoms with E-state index < -0.39 is 0 Å². The topological polar surface area (TPSA) is 35.8 Å². The van der Waals surface area contributed by atoms with Gasteiger partial charge in [0.1, 0.15) is 5.65 Å². The van der Waals surface area contributed by atoms with Gasteiger partial charge in [0.15, 0.2) is 5.82 Å². The van der Waals surface area contributed by atoms with Crippen molar-refractivity contribution < 1.29 is 0 Å². The second-order valence-electron chi connectivity index (χ2n) is 5.90. The van der Waals surface area contributed by atoms with E-state index in [1.54, 1.807) is 0 Å². The first-order chi connectivity index (χ1) is 10.2. The van der Waals surface area contributed by atoms with Gasteiger partial charge in [-0.15, -0.1) is 0 Å². The standard InChI is InChI=1S/C16H25N5/c1-4-17-11-14-16(18-15-7-5-6-8-21(14)15)20-10-9-19(3)12-13(20)2/h5-8,13,17H,4,9-12H2,1-3H3. The van der Waals surface area contributed by atoms with Crippen molar-refractivity contribution >= 4 is 11.5 Å².